The van der Waals surface area contributed by atoms with Crippen molar-refractivity contribution in [3.63, 3.8) is 0 Å². The van der Waals surface area contributed by atoms with Crippen molar-refractivity contribution in [2.24, 2.45) is 5.92 Å². The first-order valence-electron chi connectivity index (χ1n) is 9.39. The van der Waals surface area contributed by atoms with Gasteiger partial charge in [-0.25, -0.2) is 0 Å². The Labute approximate surface area is 174 Å². The number of hydrogen-bond acceptors (Lipinski definition) is 4. The molecule has 0 aliphatic carbocycles. The molecule has 2 aromatic rings. The fraction of sp³-hybridized carbons (Fsp3) is 0.318. The summed E-state index contributed by atoms with van der Waals surface area (Å²) in [4.78, 5) is 38.3. The molecule has 1 aliphatic heterocycles. The minimum Gasteiger partial charge on any atom is -0.455 e. The average Bonchev–Trinajstić information content (AvgIpc) is 3.05. The summed E-state index contributed by atoms with van der Waals surface area (Å²) in [6.45, 7) is 4.00. The highest BCUT2D eigenvalue weighted by molar-refractivity contribution is 6.31. The van der Waals surface area contributed by atoms with Gasteiger partial charge in [0.25, 0.3) is 5.91 Å². The van der Waals surface area contributed by atoms with Crippen molar-refractivity contribution in [1.82, 2.24) is 4.90 Å². The smallest absolute Gasteiger partial charge is 0.311 e. The van der Waals surface area contributed by atoms with Crippen LogP contribution >= 0.6 is 11.6 Å². The summed E-state index contributed by atoms with van der Waals surface area (Å²) in [5, 5.41) is 3.35. The van der Waals surface area contributed by atoms with Crippen LogP contribution in [0.2, 0.25) is 5.02 Å². The van der Waals surface area contributed by atoms with E-state index in [9.17, 15) is 14.4 Å². The number of amides is 2. The Morgan fingerprint density at radius 3 is 2.52 bits per heavy atom. The van der Waals surface area contributed by atoms with Gasteiger partial charge >= 0.3 is 5.97 Å². The number of carbonyl (C=O) groups is 3. The molecule has 0 spiro atoms. The first-order valence-corrected chi connectivity index (χ1v) is 9.77. The quantitative estimate of drug-likeness (QED) is 0.734. The minimum absolute atomic E-state index is 0.0712. The maximum atomic E-state index is 12.3. The van der Waals surface area contributed by atoms with Gasteiger partial charge in [-0.15, -0.1) is 0 Å². The van der Waals surface area contributed by atoms with Crippen molar-refractivity contribution < 1.29 is 19.1 Å². The van der Waals surface area contributed by atoms with Crippen molar-refractivity contribution >= 4 is 35.1 Å². The molecule has 1 saturated heterocycles. The number of carbonyl (C=O) groups excluding carboxylic acids is 3. The van der Waals surface area contributed by atoms with Crippen LogP contribution in [0.5, 0.6) is 0 Å². The SMILES string of the molecule is Cc1cccc(C)c1NC(=O)COC(=O)[C@@H]1CC(=O)N(Cc2ccccc2Cl)C1. The highest BCUT2D eigenvalue weighted by atomic mass is 35.5. The molecule has 0 saturated carbocycles. The van der Waals surface area contributed by atoms with Crippen LogP contribution in [0, 0.1) is 19.8 Å². The van der Waals surface area contributed by atoms with Crippen LogP contribution in [0.15, 0.2) is 42.5 Å². The van der Waals surface area contributed by atoms with Crippen LogP contribution in [0.1, 0.15) is 23.1 Å². The summed E-state index contributed by atoms with van der Waals surface area (Å²) in [5.41, 5.74) is 3.41. The van der Waals surface area contributed by atoms with Gasteiger partial charge in [0.15, 0.2) is 6.61 Å². The molecule has 2 amide bonds. The molecule has 2 aromatic carbocycles. The van der Waals surface area contributed by atoms with E-state index in [0.717, 1.165) is 22.4 Å². The summed E-state index contributed by atoms with van der Waals surface area (Å²) in [6.07, 6.45) is 0.0712. The van der Waals surface area contributed by atoms with Crippen LogP contribution in [0.3, 0.4) is 0 Å². The number of ether oxygens (including phenoxy) is 1. The molecule has 0 radical (unpaired) electrons. The zero-order chi connectivity index (χ0) is 21.0. The maximum Gasteiger partial charge on any atom is 0.311 e. The molecule has 6 nitrogen and oxygen atoms in total. The second kappa shape index (κ2) is 9.09. The van der Waals surface area contributed by atoms with Gasteiger partial charge in [-0.05, 0) is 36.6 Å². The Morgan fingerprint density at radius 2 is 1.83 bits per heavy atom. The third-order valence-corrected chi connectivity index (χ3v) is 5.33. The Bertz CT molecular complexity index is 924. The third kappa shape index (κ3) is 5.15. The lowest BCUT2D eigenvalue weighted by Gasteiger charge is -2.17. The van der Waals surface area contributed by atoms with E-state index >= 15 is 0 Å². The summed E-state index contributed by atoms with van der Waals surface area (Å²) < 4.78 is 5.15. The first kappa shape index (κ1) is 20.9. The molecule has 3 rings (SSSR count). The van der Waals surface area contributed by atoms with Crippen LogP contribution < -0.4 is 5.32 Å². The standard InChI is InChI=1S/C22H23ClN2O4/c1-14-6-5-7-15(2)21(14)24-19(26)13-29-22(28)17-10-20(27)25(12-17)11-16-8-3-4-9-18(16)23/h3-9,17H,10-13H2,1-2H3,(H,24,26)/t17-/m1/s1. The number of esters is 1. The van der Waals surface area contributed by atoms with Gasteiger partial charge in [0.1, 0.15) is 0 Å². The predicted octanol–water partition coefficient (Wildman–Crippen LogP) is 3.49. The van der Waals surface area contributed by atoms with Gasteiger partial charge < -0.3 is 15.0 Å². The van der Waals surface area contributed by atoms with Crippen molar-refractivity contribution in [2.75, 3.05) is 18.5 Å². The fourth-order valence-corrected chi connectivity index (χ4v) is 3.55. The van der Waals surface area contributed by atoms with E-state index in [2.05, 4.69) is 5.32 Å². The van der Waals surface area contributed by atoms with Gasteiger partial charge in [0.2, 0.25) is 5.91 Å². The van der Waals surface area contributed by atoms with Crippen molar-refractivity contribution in [3.8, 4) is 0 Å². The summed E-state index contributed by atoms with van der Waals surface area (Å²) >= 11 is 6.15. The van der Waals surface area contributed by atoms with E-state index in [1.54, 1.807) is 11.0 Å². The normalized spacial score (nSPS) is 16.0. The van der Waals surface area contributed by atoms with Gasteiger partial charge in [0.05, 0.1) is 5.92 Å². The molecule has 1 heterocycles. The zero-order valence-corrected chi connectivity index (χ0v) is 17.2. The van der Waals surface area contributed by atoms with Crippen molar-refractivity contribution in [3.05, 3.63) is 64.2 Å². The molecule has 0 aromatic heterocycles. The highest BCUT2D eigenvalue weighted by Crippen LogP contribution is 2.24. The predicted molar refractivity (Wildman–Crippen MR) is 110 cm³/mol. The van der Waals surface area contributed by atoms with Crippen LogP contribution in [0.25, 0.3) is 0 Å². The Kier molecular flexibility index (Phi) is 6.54. The Balaban J connectivity index is 1.51. The number of anilines is 1. The second-order valence-electron chi connectivity index (χ2n) is 7.19. The second-order valence-corrected chi connectivity index (χ2v) is 7.60. The molecule has 1 atom stereocenters. The number of para-hydroxylation sites is 1. The fourth-order valence-electron chi connectivity index (χ4n) is 3.36. The number of rotatable bonds is 6. The zero-order valence-electron chi connectivity index (χ0n) is 16.4. The Morgan fingerprint density at radius 1 is 1.14 bits per heavy atom. The lowest BCUT2D eigenvalue weighted by Crippen LogP contribution is -2.28. The van der Waals surface area contributed by atoms with E-state index in [4.69, 9.17) is 16.3 Å². The first-order chi connectivity index (χ1) is 13.8. The molecular formula is C22H23ClN2O4. The maximum absolute atomic E-state index is 12.3. The summed E-state index contributed by atoms with van der Waals surface area (Å²) in [6, 6.07) is 13.0. The topological polar surface area (TPSA) is 75.7 Å². The molecule has 152 valence electrons. The summed E-state index contributed by atoms with van der Waals surface area (Å²) in [7, 11) is 0. The number of nitrogens with one attached hydrogen (secondary N) is 1. The van der Waals surface area contributed by atoms with E-state index in [0.29, 0.717) is 11.6 Å². The molecule has 0 bridgehead atoms. The third-order valence-electron chi connectivity index (χ3n) is 4.96. The lowest BCUT2D eigenvalue weighted by molar-refractivity contribution is -0.151. The number of benzene rings is 2. The van der Waals surface area contributed by atoms with Gasteiger partial charge in [0, 0.05) is 30.2 Å². The monoisotopic (exact) mass is 414 g/mol. The van der Waals surface area contributed by atoms with Gasteiger partial charge in [-0.2, -0.15) is 0 Å². The largest absolute Gasteiger partial charge is 0.455 e. The molecule has 1 N–H and O–H groups in total. The number of aryl methyl sites for hydroxylation is 2. The average molecular weight is 415 g/mol. The molecule has 1 aliphatic rings. The van der Waals surface area contributed by atoms with Crippen LogP contribution in [-0.2, 0) is 25.7 Å². The number of hydrogen-bond donors (Lipinski definition) is 1. The molecule has 29 heavy (non-hydrogen) atoms. The van der Waals surface area contributed by atoms with Crippen molar-refractivity contribution in [2.45, 2.75) is 26.8 Å². The number of likely N-dealkylation sites (tertiary alicyclic amines) is 1. The van der Waals surface area contributed by atoms with Gasteiger partial charge in [-0.1, -0.05) is 48.0 Å². The van der Waals surface area contributed by atoms with Gasteiger partial charge in [-0.3, -0.25) is 14.4 Å². The van der Waals surface area contributed by atoms with Crippen LogP contribution in [-0.4, -0.2) is 35.8 Å². The molecule has 1 fully saturated rings. The molecule has 0 unspecified atom stereocenters. The van der Waals surface area contributed by atoms with Crippen molar-refractivity contribution in [1.29, 1.82) is 0 Å². The van der Waals surface area contributed by atoms with E-state index in [1.807, 2.05) is 50.2 Å². The Hall–Kier alpha value is -2.86. The highest BCUT2D eigenvalue weighted by Gasteiger charge is 2.35. The molecular weight excluding hydrogens is 392 g/mol. The lowest BCUT2D eigenvalue weighted by atomic mass is 10.1. The number of nitrogens with zero attached hydrogens (tertiary/aromatic N) is 1. The minimum atomic E-state index is -0.585. The van der Waals surface area contributed by atoms with E-state index in [-0.39, 0.29) is 25.5 Å². The van der Waals surface area contributed by atoms with E-state index < -0.39 is 17.8 Å². The van der Waals surface area contributed by atoms with E-state index in [1.165, 1.54) is 0 Å². The summed E-state index contributed by atoms with van der Waals surface area (Å²) in [5.74, 6) is -1.67. The molecule has 7 heteroatoms. The number of halogens is 1. The van der Waals surface area contributed by atoms with Crippen LogP contribution in [0.4, 0.5) is 5.69 Å².